The van der Waals surface area contributed by atoms with Crippen LogP contribution >= 0.6 is 24.8 Å². The number of hydrogen-bond donors (Lipinski definition) is 1. The first-order chi connectivity index (χ1) is 8.17. The van der Waals surface area contributed by atoms with Crippen molar-refractivity contribution in [1.29, 1.82) is 0 Å². The number of aromatic nitrogens is 1. The van der Waals surface area contributed by atoms with Crippen LogP contribution in [0.1, 0.15) is 6.42 Å². The van der Waals surface area contributed by atoms with Crippen molar-refractivity contribution in [3.8, 4) is 0 Å². The summed E-state index contributed by atoms with van der Waals surface area (Å²) >= 11 is -4.56. The van der Waals surface area contributed by atoms with Crippen LogP contribution in [0.2, 0.25) is 36.3 Å². The van der Waals surface area contributed by atoms with E-state index in [-0.39, 0.29) is 24.8 Å². The third kappa shape index (κ3) is 2.18. The van der Waals surface area contributed by atoms with E-state index in [0.29, 0.717) is 0 Å². The first kappa shape index (κ1) is 21.4. The molecule has 1 nitrogen and oxygen atoms in total. The Balaban J connectivity index is 0.00000200. The summed E-state index contributed by atoms with van der Waals surface area (Å²) in [5.41, 5.74) is 0. The van der Waals surface area contributed by atoms with Crippen LogP contribution in [0.5, 0.6) is 0 Å². The van der Waals surface area contributed by atoms with Gasteiger partial charge in [-0.3, -0.25) is 0 Å². The van der Waals surface area contributed by atoms with Gasteiger partial charge in [0.1, 0.15) is 0 Å². The molecule has 0 atom stereocenters. The minimum absolute atomic E-state index is 0. The summed E-state index contributed by atoms with van der Waals surface area (Å²) in [6, 6.07) is 4.51. The molecule has 0 radical (unpaired) electrons. The molecule has 0 spiro atoms. The van der Waals surface area contributed by atoms with E-state index in [1.165, 1.54) is 3.40 Å². The van der Waals surface area contributed by atoms with Gasteiger partial charge in [0.15, 0.2) is 0 Å². The number of allylic oxidation sites excluding steroid dienone is 4. The smallest absolute Gasteiger partial charge is 0.147 e. The third-order valence-electron chi connectivity index (χ3n) is 8.42. The second kappa shape index (κ2) is 3.74. The number of nitrogens with one attached hydrogen (secondary N) is 1. The molecule has 5 heteroatoms. The van der Waals surface area contributed by atoms with Crippen LogP contribution in [0.15, 0.2) is 39.8 Å². The molecule has 1 aliphatic carbocycles. The first-order valence-corrected chi connectivity index (χ1v) is 29.5. The normalized spacial score (nSPS) is 22.0. The van der Waals surface area contributed by atoms with Crippen LogP contribution < -0.4 is 3.40 Å². The van der Waals surface area contributed by atoms with E-state index in [9.17, 15) is 0 Å². The quantitative estimate of drug-likeness (QED) is 0.580. The SMILES string of the molecule is C[SiH](C)[Zr]([CH3])([CH3])([CH3])([CH3])([CH3])([C]1=CC=CC1)[c]1ccc[nH]1.Cl.Cl. The molecule has 21 heavy (non-hydrogen) atoms. The maximum Gasteiger partial charge on any atom is -0.147 e. The third-order valence-corrected chi connectivity index (χ3v) is 89.8. The van der Waals surface area contributed by atoms with Gasteiger partial charge in [-0.2, -0.15) is 0 Å². The maximum atomic E-state index is 3.64. The zero-order valence-electron chi connectivity index (χ0n) is 14.6. The molecule has 1 heterocycles. The molecule has 0 saturated heterocycles. The Morgan fingerprint density at radius 3 is 1.95 bits per heavy atom. The van der Waals surface area contributed by atoms with Crippen LogP contribution in [0.4, 0.5) is 0 Å². The minimum atomic E-state index is -4.56. The Hall–Kier alpha value is 0.440. The van der Waals surface area contributed by atoms with Gasteiger partial charge in [-0.25, -0.2) is 0 Å². The van der Waals surface area contributed by atoms with Gasteiger partial charge in [0.05, 0.1) is 0 Å². The predicted octanol–water partition coefficient (Wildman–Crippen LogP) is 5.85. The Kier molecular flexibility index (Phi) is 3.82. The molecule has 0 aliphatic heterocycles. The Bertz CT molecular complexity index is 646. The number of halogens is 2. The molecule has 0 amide bonds. The molecule has 1 aromatic heterocycles. The zero-order chi connectivity index (χ0) is 14.7. The van der Waals surface area contributed by atoms with Crippen molar-refractivity contribution < 1.29 is 13.5 Å². The Morgan fingerprint density at radius 1 is 1.05 bits per heavy atom. The number of H-pyrrole nitrogens is 1. The zero-order valence-corrected chi connectivity index (χ0v) is 19.8. The monoisotopic (exact) mass is 427 g/mol. The van der Waals surface area contributed by atoms with E-state index in [1.807, 2.05) is 0 Å². The van der Waals surface area contributed by atoms with Gasteiger partial charge >= 0.3 is 110 Å². The van der Waals surface area contributed by atoms with E-state index in [4.69, 9.17) is 0 Å². The van der Waals surface area contributed by atoms with Crippen molar-refractivity contribution in [3.63, 3.8) is 0 Å². The summed E-state index contributed by atoms with van der Waals surface area (Å²) in [5, 5.41) is 0. The van der Waals surface area contributed by atoms with Crippen molar-refractivity contribution in [3.05, 3.63) is 39.8 Å². The van der Waals surface area contributed by atoms with Crippen LogP contribution in [-0.2, 0) is 13.5 Å². The van der Waals surface area contributed by atoms with Gasteiger partial charge in [0.2, 0.25) is 0 Å². The molecule has 0 fully saturated rings. The second-order valence-corrected chi connectivity index (χ2v) is 93.1. The summed E-state index contributed by atoms with van der Waals surface area (Å²) in [7, 11) is 0. The van der Waals surface area contributed by atoms with Gasteiger partial charge < -0.3 is 0 Å². The number of aromatic amines is 1. The topological polar surface area (TPSA) is 15.8 Å². The summed E-state index contributed by atoms with van der Waals surface area (Å²) in [4.78, 5) is 3.64. The van der Waals surface area contributed by atoms with Crippen molar-refractivity contribution >= 4 is 34.1 Å². The van der Waals surface area contributed by atoms with Gasteiger partial charge in [-0.1, -0.05) is 0 Å². The number of rotatable bonds is 3. The first-order valence-electron chi connectivity index (χ1n) is 7.65. The summed E-state index contributed by atoms with van der Waals surface area (Å²) in [6.45, 7) is 5.09. The molecule has 2 rings (SSSR count). The fourth-order valence-electron chi connectivity index (χ4n) is 3.70. The van der Waals surface area contributed by atoms with E-state index in [2.05, 4.69) is 77.8 Å². The van der Waals surface area contributed by atoms with Crippen molar-refractivity contribution in [2.75, 3.05) is 0 Å². The summed E-state index contributed by atoms with van der Waals surface area (Å²) in [6.07, 6.45) is 10.2. The van der Waals surface area contributed by atoms with Crippen LogP contribution in [0, 0.1) is 0 Å². The van der Waals surface area contributed by atoms with Crippen LogP contribution in [0.25, 0.3) is 0 Å². The van der Waals surface area contributed by atoms with Crippen molar-refractivity contribution in [1.82, 2.24) is 4.98 Å². The van der Waals surface area contributed by atoms with Crippen LogP contribution in [-0.4, -0.2) is 10.9 Å². The summed E-state index contributed by atoms with van der Waals surface area (Å²) in [5.74, 6) is -1.07. The molecule has 1 aromatic rings. The summed E-state index contributed by atoms with van der Waals surface area (Å²) < 4.78 is 16.5. The van der Waals surface area contributed by atoms with E-state index >= 15 is 0 Å². The van der Waals surface area contributed by atoms with E-state index < -0.39 is 19.4 Å². The average molecular weight is 430 g/mol. The van der Waals surface area contributed by atoms with Crippen molar-refractivity contribution in [2.45, 2.75) is 42.7 Å². The molecule has 124 valence electrons. The van der Waals surface area contributed by atoms with E-state index in [1.54, 1.807) is 3.28 Å². The molecular weight excluding hydrogens is 396 g/mol. The average Bonchev–Trinajstić information content (AvgIpc) is 2.92. The fourth-order valence-corrected chi connectivity index (χ4v) is 29.5. The molecule has 0 aromatic carbocycles. The number of hydrogen-bond acceptors (Lipinski definition) is 0. The second-order valence-electron chi connectivity index (χ2n) is 12.9. The standard InChI is InChI=1S/C5H5.C4H4N.C2H7Si.5CH3.2ClH.Zr/c2*1-2-4-5-3-1;1-3-2;;;;;;;;/h1-3H,4H2;1-3,5H;3H,1-2H3;5*1H3;2*1H;. The predicted molar refractivity (Wildman–Crippen MR) is 105 cm³/mol. The van der Waals surface area contributed by atoms with Gasteiger partial charge in [0.25, 0.3) is 0 Å². The van der Waals surface area contributed by atoms with Gasteiger partial charge in [-0.05, 0) is 0 Å². The Morgan fingerprint density at radius 2 is 1.62 bits per heavy atom. The van der Waals surface area contributed by atoms with Gasteiger partial charge in [0, 0.05) is 0 Å². The molecule has 0 saturated carbocycles. The molecular formula is C16H33Cl2NSiZr. The van der Waals surface area contributed by atoms with Crippen molar-refractivity contribution in [2.24, 2.45) is 0 Å². The largest absolute Gasteiger partial charge is 0.147 e. The van der Waals surface area contributed by atoms with Crippen LogP contribution in [0.3, 0.4) is 0 Å². The van der Waals surface area contributed by atoms with Gasteiger partial charge in [-0.15, -0.1) is 24.8 Å². The fraction of sp³-hybridized carbons (Fsp3) is 0.500. The van der Waals surface area contributed by atoms with E-state index in [0.717, 1.165) is 6.42 Å². The molecule has 0 unspecified atom stereocenters. The maximum absolute atomic E-state index is 4.56. The minimum Gasteiger partial charge on any atom is -0.147 e. The Labute approximate surface area is 134 Å². The molecule has 0 bridgehead atoms. The molecule has 1 N–H and O–H groups in total. The molecule has 1 aliphatic rings.